The topological polar surface area (TPSA) is 559 Å². The summed E-state index contributed by atoms with van der Waals surface area (Å²) in [6, 6.07) is 3.93. The molecule has 2 fully saturated rings. The molecule has 12 amide bonds. The van der Waals surface area contributed by atoms with Gasteiger partial charge in [0, 0.05) is 99.7 Å². The maximum Gasteiger partial charge on any atom is 0.303 e. The number of fused-ring (bicyclic) bond motifs is 1. The quantitative estimate of drug-likeness (QED) is 0.0144. The molecule has 3 aromatic carbocycles. The van der Waals surface area contributed by atoms with Gasteiger partial charge in [-0.25, -0.2) is 0 Å². The second kappa shape index (κ2) is 41.0. The number of carbonyl (C=O) groups excluding carboxylic acids is 12. The van der Waals surface area contributed by atoms with E-state index < -0.39 is 183 Å². The zero-order valence-corrected chi connectivity index (χ0v) is 58.7. The van der Waals surface area contributed by atoms with Crippen LogP contribution in [0, 0.1) is 5.92 Å². The van der Waals surface area contributed by atoms with Gasteiger partial charge in [0.05, 0.1) is 12.6 Å². The molecule has 2 saturated heterocycles. The monoisotopic (exact) mass is 1470 g/mol. The number of nitrogens with one attached hydrogen (secondary N) is 11. The summed E-state index contributed by atoms with van der Waals surface area (Å²) >= 11 is 0. The van der Waals surface area contributed by atoms with Gasteiger partial charge in [-0.15, -0.1) is 0 Å². The molecule has 2 aliphatic heterocycles. The molecule has 36 heteroatoms. The third-order valence-electron chi connectivity index (χ3n) is 16.9. The first-order chi connectivity index (χ1) is 49.1. The number of phenols is 2. The van der Waals surface area contributed by atoms with E-state index in [1.165, 1.54) is 53.4 Å². The number of nitrogens with zero attached hydrogens (tertiary/aromatic N) is 2. The van der Waals surface area contributed by atoms with Crippen molar-refractivity contribution in [1.29, 1.82) is 0 Å². The molecule has 0 bridgehead atoms. The fourth-order valence-electron chi connectivity index (χ4n) is 11.3. The average molecular weight is 1470 g/mol. The zero-order valence-electron chi connectivity index (χ0n) is 57.1. The van der Waals surface area contributed by atoms with Crippen LogP contribution in [0.15, 0.2) is 84.0 Å². The van der Waals surface area contributed by atoms with Gasteiger partial charge in [0.25, 0.3) is 0 Å². The summed E-state index contributed by atoms with van der Waals surface area (Å²) in [6.45, 7) is 2.24. The van der Waals surface area contributed by atoms with E-state index in [2.05, 4.69) is 63.1 Å². The fraction of sp³-hybridized carbons (Fsp3) is 0.493. The molecule has 6 rings (SSSR count). The molecule has 560 valence electrons. The largest absolute Gasteiger partial charge is 0.508 e. The summed E-state index contributed by atoms with van der Waals surface area (Å²) in [4.78, 5) is 191. The smallest absolute Gasteiger partial charge is 0.303 e. The SMILES string of the molecule is CC(C)[C@@H]1NC(=O)[C@@H](NC(=O)[C@H](Cc2ccc(O)cc2)NC(=O)[C@@H]2CCCN2C(=O)CCN)CSSC[C@@H](CO)NC(=O)[C@H](CCC(=O)O)NC(=O)[C@H](Cc2c[nH]c3ccccc23)NC(=O)[C@H](CCC(N)=O)NC(=O)CCNC(=O)[C@H](CCCN=C(N)N)NC(=O)[C@H](Cc2ccc(O)cc2)NC1=O. The van der Waals surface area contributed by atoms with Gasteiger partial charge in [-0.1, -0.05) is 77.9 Å². The molecular weight excluding hydrogens is 1380 g/mol. The van der Waals surface area contributed by atoms with Crippen molar-refractivity contribution in [2.75, 3.05) is 44.3 Å². The van der Waals surface area contributed by atoms with Crippen molar-refractivity contribution in [3.05, 3.63) is 95.7 Å². The van der Waals surface area contributed by atoms with Crippen molar-refractivity contribution < 1.29 is 82.8 Å². The molecule has 0 unspecified atom stereocenters. The Morgan fingerprint density at radius 2 is 1.26 bits per heavy atom. The number of amides is 12. The Hall–Kier alpha value is -10.2. The highest BCUT2D eigenvalue weighted by Gasteiger charge is 2.39. The second-order valence-corrected chi connectivity index (χ2v) is 27.7. The van der Waals surface area contributed by atoms with Gasteiger partial charge in [-0.05, 0) is 91.5 Å². The Morgan fingerprint density at radius 1 is 0.670 bits per heavy atom. The van der Waals surface area contributed by atoms with Crippen molar-refractivity contribution in [2.24, 2.45) is 33.8 Å². The van der Waals surface area contributed by atoms with Crippen LogP contribution in [0.4, 0.5) is 0 Å². The van der Waals surface area contributed by atoms with E-state index in [-0.39, 0.29) is 99.5 Å². The summed E-state index contributed by atoms with van der Waals surface area (Å²) in [6.07, 6.45) is -1.04. The van der Waals surface area contributed by atoms with Gasteiger partial charge in [0.1, 0.15) is 65.9 Å². The van der Waals surface area contributed by atoms with Crippen molar-refractivity contribution in [1.82, 2.24) is 63.1 Å². The maximum absolute atomic E-state index is 15.0. The number of aromatic amines is 1. The predicted octanol–water partition coefficient (Wildman–Crippen LogP) is -2.96. The number of carboxylic acids is 1. The molecule has 2 aliphatic rings. The van der Waals surface area contributed by atoms with Crippen molar-refractivity contribution in [3.63, 3.8) is 0 Å². The van der Waals surface area contributed by atoms with Crippen LogP contribution in [0.1, 0.15) is 94.7 Å². The number of H-pyrrole nitrogens is 1. The number of carbonyl (C=O) groups is 13. The fourth-order valence-corrected chi connectivity index (χ4v) is 13.7. The number of aliphatic hydroxyl groups is 1. The molecule has 4 aromatic rings. The van der Waals surface area contributed by atoms with E-state index >= 15 is 4.79 Å². The first-order valence-corrected chi connectivity index (χ1v) is 36.1. The predicted molar refractivity (Wildman–Crippen MR) is 381 cm³/mol. The molecule has 34 nitrogen and oxygen atoms in total. The van der Waals surface area contributed by atoms with Gasteiger partial charge in [-0.3, -0.25) is 67.3 Å². The van der Waals surface area contributed by atoms with Crippen LogP contribution in [0.2, 0.25) is 0 Å². The number of aliphatic carboxylic acids is 1. The minimum Gasteiger partial charge on any atom is -0.508 e. The highest BCUT2D eigenvalue weighted by atomic mass is 33.1. The lowest BCUT2D eigenvalue weighted by Crippen LogP contribution is -2.61. The highest BCUT2D eigenvalue weighted by Crippen LogP contribution is 2.26. The molecule has 23 N–H and O–H groups in total. The number of rotatable bonds is 24. The number of primary amides is 1. The van der Waals surface area contributed by atoms with Crippen LogP contribution in [-0.2, 0) is 81.6 Å². The lowest BCUT2D eigenvalue weighted by molar-refractivity contribution is -0.139. The van der Waals surface area contributed by atoms with E-state index in [1.807, 2.05) is 0 Å². The van der Waals surface area contributed by atoms with Crippen LogP contribution in [0.3, 0.4) is 0 Å². The van der Waals surface area contributed by atoms with Gasteiger partial charge in [0.15, 0.2) is 5.96 Å². The summed E-state index contributed by atoms with van der Waals surface area (Å²) in [5.74, 6) is -13.4. The number of likely N-dealkylation sites (tertiary alicyclic amines) is 1. The van der Waals surface area contributed by atoms with Gasteiger partial charge >= 0.3 is 5.97 Å². The van der Waals surface area contributed by atoms with E-state index in [4.69, 9.17) is 22.9 Å². The Bertz CT molecular complexity index is 3650. The van der Waals surface area contributed by atoms with Crippen LogP contribution in [0.5, 0.6) is 11.5 Å². The number of benzene rings is 3. The molecular formula is C67H93N17O17S2. The molecule has 0 radical (unpaired) electrons. The molecule has 1 aromatic heterocycles. The molecule has 10 atom stereocenters. The normalized spacial score (nSPS) is 22.3. The summed E-state index contributed by atoms with van der Waals surface area (Å²) in [7, 11) is 1.92. The number of aliphatic hydroxyl groups excluding tert-OH is 1. The Morgan fingerprint density at radius 3 is 1.90 bits per heavy atom. The summed E-state index contributed by atoms with van der Waals surface area (Å²) < 4.78 is 0. The van der Waals surface area contributed by atoms with Crippen molar-refractivity contribution in [2.45, 2.75) is 158 Å². The molecule has 3 heterocycles. The third-order valence-corrected chi connectivity index (χ3v) is 19.3. The average Bonchev–Trinajstić information content (AvgIpc) is 1.76. The van der Waals surface area contributed by atoms with Gasteiger partial charge in [-0.2, -0.15) is 0 Å². The lowest BCUT2D eigenvalue weighted by atomic mass is 10.00. The number of carboxylic acid groups (broad SMARTS) is 1. The number of nitrogens with two attached hydrogens (primary N) is 4. The number of hydrogen-bond acceptors (Lipinski definition) is 20. The molecule has 0 aliphatic carbocycles. The Labute approximate surface area is 601 Å². The number of aromatic hydroxyl groups is 2. The van der Waals surface area contributed by atoms with Crippen molar-refractivity contribution in [3.8, 4) is 11.5 Å². The number of aliphatic imine (C=N–C) groups is 1. The Kier molecular flexibility index (Phi) is 32.6. The Balaban J connectivity index is 1.40. The standard InChI is InChI=1S/C67H93N17O17S2/c1-36(2)57-66(101)81-49(30-38-13-17-42(87)18-14-38)61(96)77-45(9-5-26-73-67(70)71)58(93)72-27-24-54(89)76-46(19-21-53(69)88)60(95)79-50(31-39-32-74-44-8-4-3-7-43(39)44)63(98)78-47(20-22-56(91)92)59(94)75-40(33-85)34-102-103-35-51(64(99)83-57)82-62(97)48(29-37-11-15-41(86)16-12-37)80-65(100)52-10-6-28-84(52)55(90)23-25-68/h3-4,7-8,11-18,32,36,40,45-52,57,74,85-87H,5-6,9-10,19-31,33-35,68H2,1-2H3,(H2,69,88)(H,72,93)(H,75,94)(H,76,89)(H,77,96)(H,78,98)(H,79,95)(H,80,100)(H,81,101)(H,82,97)(H,83,99)(H,91,92)(H4,70,71,73)/t40-,45+,46+,47+,48+,49+,50+,51+,52+,57+/m1/s1. The van der Waals surface area contributed by atoms with E-state index in [0.717, 1.165) is 21.6 Å². The van der Waals surface area contributed by atoms with E-state index in [1.54, 1.807) is 44.3 Å². The number of hydrogen-bond donors (Lipinski definition) is 19. The van der Waals surface area contributed by atoms with E-state index in [0.29, 0.717) is 34.0 Å². The number of para-hydroxylation sites is 1. The molecule has 103 heavy (non-hydrogen) atoms. The number of phenolic OH excluding ortho intramolecular Hbond substituents is 2. The first-order valence-electron chi connectivity index (χ1n) is 33.6. The van der Waals surface area contributed by atoms with Gasteiger partial charge < -0.3 is 106 Å². The minimum atomic E-state index is -1.64. The van der Waals surface area contributed by atoms with Crippen LogP contribution >= 0.6 is 21.6 Å². The highest BCUT2D eigenvalue weighted by molar-refractivity contribution is 8.76. The first kappa shape index (κ1) is 81.8. The van der Waals surface area contributed by atoms with Crippen LogP contribution < -0.4 is 76.1 Å². The summed E-state index contributed by atoms with van der Waals surface area (Å²) in [5.41, 5.74) is 24.3. The lowest BCUT2D eigenvalue weighted by Gasteiger charge is -2.29. The minimum absolute atomic E-state index is 0.0138. The summed E-state index contributed by atoms with van der Waals surface area (Å²) in [5, 5.41) is 67.9. The second-order valence-electron chi connectivity index (χ2n) is 25.2. The number of guanidine groups is 1. The molecule has 0 saturated carbocycles. The molecule has 0 spiro atoms. The zero-order chi connectivity index (χ0) is 75.3. The van der Waals surface area contributed by atoms with Crippen LogP contribution in [-0.4, -0.2) is 218 Å². The van der Waals surface area contributed by atoms with Crippen molar-refractivity contribution >= 4 is 115 Å². The maximum atomic E-state index is 15.0. The van der Waals surface area contributed by atoms with Crippen LogP contribution in [0.25, 0.3) is 10.9 Å². The van der Waals surface area contributed by atoms with E-state index in [9.17, 15) is 78.0 Å². The third kappa shape index (κ3) is 26.6. The number of aromatic nitrogens is 1. The van der Waals surface area contributed by atoms with Gasteiger partial charge in [0.2, 0.25) is 70.9 Å².